The molecule has 2 rings (SSSR count). The lowest BCUT2D eigenvalue weighted by Gasteiger charge is -2.34. The van der Waals surface area contributed by atoms with Gasteiger partial charge in [0, 0.05) is 26.2 Å². The molecule has 0 radical (unpaired) electrons. The third kappa shape index (κ3) is 3.84. The average molecular weight is 310 g/mol. The Morgan fingerprint density at radius 3 is 2.33 bits per heavy atom. The number of hydrogen-bond donors (Lipinski definition) is 0. The first-order chi connectivity index (χ1) is 9.95. The monoisotopic (exact) mass is 310 g/mol. The van der Waals surface area contributed by atoms with Crippen molar-refractivity contribution in [2.45, 2.75) is 38.5 Å². The number of piperazine rings is 1. The van der Waals surface area contributed by atoms with Crippen LogP contribution in [0.15, 0.2) is 23.1 Å². The molecule has 0 aromatic heterocycles. The molecule has 0 atom stereocenters. The molecule has 1 aromatic rings. The summed E-state index contributed by atoms with van der Waals surface area (Å²) in [4.78, 5) is 2.81. The van der Waals surface area contributed by atoms with Crippen molar-refractivity contribution in [1.82, 2.24) is 9.21 Å². The van der Waals surface area contributed by atoms with Gasteiger partial charge in [0.25, 0.3) is 0 Å². The van der Waals surface area contributed by atoms with E-state index >= 15 is 0 Å². The Morgan fingerprint density at radius 1 is 1.10 bits per heavy atom. The first kappa shape index (κ1) is 16.5. The van der Waals surface area contributed by atoms with E-state index in [0.717, 1.165) is 30.8 Å². The summed E-state index contributed by atoms with van der Waals surface area (Å²) >= 11 is 0. The quantitative estimate of drug-likeness (QED) is 0.838. The maximum absolute atomic E-state index is 12.7. The van der Waals surface area contributed by atoms with Gasteiger partial charge in [-0.3, -0.25) is 0 Å². The highest BCUT2D eigenvalue weighted by Crippen LogP contribution is 2.22. The van der Waals surface area contributed by atoms with Crippen molar-refractivity contribution in [3.63, 3.8) is 0 Å². The van der Waals surface area contributed by atoms with Crippen LogP contribution in [0.3, 0.4) is 0 Å². The average Bonchev–Trinajstić information content (AvgIpc) is 2.45. The van der Waals surface area contributed by atoms with Gasteiger partial charge < -0.3 is 4.90 Å². The molecule has 1 aliphatic rings. The molecule has 0 aliphatic carbocycles. The van der Waals surface area contributed by atoms with Crippen LogP contribution in [0.25, 0.3) is 0 Å². The van der Waals surface area contributed by atoms with Crippen LogP contribution < -0.4 is 0 Å². The lowest BCUT2D eigenvalue weighted by molar-refractivity contribution is 0.186. The second-order valence-corrected chi connectivity index (χ2v) is 7.77. The van der Waals surface area contributed by atoms with E-state index in [-0.39, 0.29) is 0 Å². The second-order valence-electron chi connectivity index (χ2n) is 5.87. The molecule has 1 saturated heterocycles. The molecule has 1 heterocycles. The van der Waals surface area contributed by atoms with Gasteiger partial charge in [-0.15, -0.1) is 0 Å². The zero-order valence-corrected chi connectivity index (χ0v) is 14.1. The molecular formula is C16H26N2O2S. The molecule has 0 unspecified atom stereocenters. The van der Waals surface area contributed by atoms with Crippen LogP contribution in [-0.4, -0.2) is 50.3 Å². The van der Waals surface area contributed by atoms with Crippen molar-refractivity contribution in [3.05, 3.63) is 29.3 Å². The predicted octanol–water partition coefficient (Wildman–Crippen LogP) is 2.41. The summed E-state index contributed by atoms with van der Waals surface area (Å²) in [6.07, 6.45) is 2.37. The van der Waals surface area contributed by atoms with Gasteiger partial charge in [-0.25, -0.2) is 8.42 Å². The molecule has 4 nitrogen and oxygen atoms in total. The Balaban J connectivity index is 2.08. The van der Waals surface area contributed by atoms with E-state index in [1.165, 1.54) is 12.8 Å². The van der Waals surface area contributed by atoms with E-state index in [9.17, 15) is 8.42 Å². The third-order valence-electron chi connectivity index (χ3n) is 4.11. The molecule has 1 aliphatic heterocycles. The SMILES string of the molecule is CCCCN1CCN(S(=O)(=O)c2ccc(C)cc2C)CC1. The number of unbranched alkanes of at least 4 members (excludes halogenated alkanes) is 1. The van der Waals surface area contributed by atoms with Crippen molar-refractivity contribution < 1.29 is 8.42 Å². The maximum Gasteiger partial charge on any atom is 0.243 e. The Labute approximate surface area is 128 Å². The second kappa shape index (κ2) is 6.90. The minimum Gasteiger partial charge on any atom is -0.301 e. The summed E-state index contributed by atoms with van der Waals surface area (Å²) in [7, 11) is -3.35. The van der Waals surface area contributed by atoms with Gasteiger partial charge in [-0.1, -0.05) is 31.0 Å². The minimum atomic E-state index is -3.35. The summed E-state index contributed by atoms with van der Waals surface area (Å²) in [5.41, 5.74) is 1.93. The molecule has 0 saturated carbocycles. The Morgan fingerprint density at radius 2 is 1.76 bits per heavy atom. The van der Waals surface area contributed by atoms with Crippen molar-refractivity contribution in [3.8, 4) is 0 Å². The largest absolute Gasteiger partial charge is 0.301 e. The van der Waals surface area contributed by atoms with Gasteiger partial charge in [-0.2, -0.15) is 4.31 Å². The Hall–Kier alpha value is -0.910. The fourth-order valence-electron chi connectivity index (χ4n) is 2.80. The summed E-state index contributed by atoms with van der Waals surface area (Å²) in [5.74, 6) is 0. The highest BCUT2D eigenvalue weighted by Gasteiger charge is 2.29. The van der Waals surface area contributed by atoms with E-state index in [0.29, 0.717) is 18.0 Å². The topological polar surface area (TPSA) is 40.6 Å². The lowest BCUT2D eigenvalue weighted by atomic mass is 10.2. The molecule has 0 bridgehead atoms. The molecular weight excluding hydrogens is 284 g/mol. The zero-order chi connectivity index (χ0) is 15.5. The van der Waals surface area contributed by atoms with Crippen LogP contribution in [0.2, 0.25) is 0 Å². The van der Waals surface area contributed by atoms with Crippen LogP contribution in [0.4, 0.5) is 0 Å². The van der Waals surface area contributed by atoms with Gasteiger partial charge in [0.05, 0.1) is 4.90 Å². The highest BCUT2D eigenvalue weighted by atomic mass is 32.2. The zero-order valence-electron chi connectivity index (χ0n) is 13.3. The van der Waals surface area contributed by atoms with Gasteiger partial charge in [0.2, 0.25) is 10.0 Å². The van der Waals surface area contributed by atoms with Crippen molar-refractivity contribution >= 4 is 10.0 Å². The van der Waals surface area contributed by atoms with E-state index in [2.05, 4.69) is 11.8 Å². The summed E-state index contributed by atoms with van der Waals surface area (Å²) < 4.78 is 27.1. The predicted molar refractivity (Wildman–Crippen MR) is 86.0 cm³/mol. The normalized spacial score (nSPS) is 18.0. The summed E-state index contributed by atoms with van der Waals surface area (Å²) in [6, 6.07) is 5.55. The highest BCUT2D eigenvalue weighted by molar-refractivity contribution is 7.89. The van der Waals surface area contributed by atoms with Crippen molar-refractivity contribution in [1.29, 1.82) is 0 Å². The number of benzene rings is 1. The first-order valence-corrected chi connectivity index (χ1v) is 9.19. The molecule has 0 spiro atoms. The van der Waals surface area contributed by atoms with Crippen LogP contribution in [0.5, 0.6) is 0 Å². The standard InChI is InChI=1S/C16H26N2O2S/c1-4-5-8-17-9-11-18(12-10-17)21(19,20)16-7-6-14(2)13-15(16)3/h6-7,13H,4-5,8-12H2,1-3H3. The minimum absolute atomic E-state index is 0.454. The molecule has 1 fully saturated rings. The number of rotatable bonds is 5. The summed E-state index contributed by atoms with van der Waals surface area (Å²) in [6.45, 7) is 9.98. The maximum atomic E-state index is 12.7. The molecule has 118 valence electrons. The Kier molecular flexibility index (Phi) is 5.41. The van der Waals surface area contributed by atoms with Gasteiger partial charge in [-0.05, 0) is 38.4 Å². The molecule has 5 heteroatoms. The van der Waals surface area contributed by atoms with E-state index in [1.807, 2.05) is 26.0 Å². The molecule has 0 amide bonds. The number of sulfonamides is 1. The number of hydrogen-bond acceptors (Lipinski definition) is 3. The molecule has 0 N–H and O–H groups in total. The van der Waals surface area contributed by atoms with Crippen molar-refractivity contribution in [2.24, 2.45) is 0 Å². The number of nitrogens with zero attached hydrogens (tertiary/aromatic N) is 2. The van der Waals surface area contributed by atoms with Crippen LogP contribution >= 0.6 is 0 Å². The first-order valence-electron chi connectivity index (χ1n) is 7.75. The molecule has 1 aromatic carbocycles. The van der Waals surface area contributed by atoms with E-state index in [4.69, 9.17) is 0 Å². The van der Waals surface area contributed by atoms with Crippen LogP contribution in [0.1, 0.15) is 30.9 Å². The van der Waals surface area contributed by atoms with Gasteiger partial charge in [0.1, 0.15) is 0 Å². The van der Waals surface area contributed by atoms with Gasteiger partial charge in [0.15, 0.2) is 0 Å². The fraction of sp³-hybridized carbons (Fsp3) is 0.625. The summed E-state index contributed by atoms with van der Waals surface area (Å²) in [5, 5.41) is 0. The van der Waals surface area contributed by atoms with Gasteiger partial charge >= 0.3 is 0 Å². The smallest absolute Gasteiger partial charge is 0.243 e. The number of aryl methyl sites for hydroxylation is 2. The fourth-order valence-corrected chi connectivity index (χ4v) is 4.43. The van der Waals surface area contributed by atoms with E-state index in [1.54, 1.807) is 10.4 Å². The van der Waals surface area contributed by atoms with Crippen molar-refractivity contribution in [2.75, 3.05) is 32.7 Å². The Bertz CT molecular complexity index is 576. The van der Waals surface area contributed by atoms with Crippen LogP contribution in [-0.2, 0) is 10.0 Å². The van der Waals surface area contributed by atoms with Crippen LogP contribution in [0, 0.1) is 13.8 Å². The third-order valence-corrected chi connectivity index (χ3v) is 6.17. The van der Waals surface area contributed by atoms with E-state index < -0.39 is 10.0 Å². The lowest BCUT2D eigenvalue weighted by Crippen LogP contribution is -2.48. The molecule has 21 heavy (non-hydrogen) atoms.